The summed E-state index contributed by atoms with van der Waals surface area (Å²) in [6.07, 6.45) is 0. The van der Waals surface area contributed by atoms with E-state index in [2.05, 4.69) is 18.8 Å². The van der Waals surface area contributed by atoms with Crippen LogP contribution >= 0.6 is 0 Å². The van der Waals surface area contributed by atoms with Crippen LogP contribution in [0.2, 0.25) is 0 Å². The Bertz CT molecular complexity index is 903. The van der Waals surface area contributed by atoms with Crippen LogP contribution < -0.4 is 0 Å². The zero-order valence-electron chi connectivity index (χ0n) is 13.8. The van der Waals surface area contributed by atoms with Gasteiger partial charge in [-0.2, -0.15) is 0 Å². The van der Waals surface area contributed by atoms with Gasteiger partial charge >= 0.3 is 0 Å². The van der Waals surface area contributed by atoms with Crippen LogP contribution in [0.1, 0.15) is 38.2 Å². The molecule has 3 aromatic carbocycles. The molecule has 0 spiro atoms. The first-order valence-electron chi connectivity index (χ1n) is 7.92. The van der Waals surface area contributed by atoms with Gasteiger partial charge in [-0.05, 0) is 50.2 Å². The minimum Gasteiger partial charge on any atom is -0.289 e. The summed E-state index contributed by atoms with van der Waals surface area (Å²) in [6, 6.07) is 23.2. The Labute approximate surface area is 143 Å². The molecule has 24 heavy (non-hydrogen) atoms. The first kappa shape index (κ1) is 15.8. The second kappa shape index (κ2) is 6.98. The summed E-state index contributed by atoms with van der Waals surface area (Å²) in [5.41, 5.74) is 5.64. The molecule has 0 aliphatic carbocycles. The van der Waals surface area contributed by atoms with Gasteiger partial charge in [-0.15, -0.1) is 0 Å². The molecule has 0 saturated heterocycles. The molecule has 116 valence electrons. The normalized spacial score (nSPS) is 9.92. The van der Waals surface area contributed by atoms with Gasteiger partial charge in [0.2, 0.25) is 0 Å². The Morgan fingerprint density at radius 1 is 0.583 bits per heavy atom. The van der Waals surface area contributed by atoms with E-state index in [9.17, 15) is 4.79 Å². The van der Waals surface area contributed by atoms with Gasteiger partial charge in [0.05, 0.1) is 0 Å². The molecule has 3 rings (SSSR count). The highest BCUT2D eigenvalue weighted by molar-refractivity contribution is 6.09. The molecule has 0 radical (unpaired) electrons. The van der Waals surface area contributed by atoms with Crippen molar-refractivity contribution in [3.63, 3.8) is 0 Å². The fourth-order valence-corrected chi connectivity index (χ4v) is 2.36. The largest absolute Gasteiger partial charge is 0.289 e. The number of benzene rings is 3. The maximum absolute atomic E-state index is 12.4. The first-order valence-corrected chi connectivity index (χ1v) is 7.92. The summed E-state index contributed by atoms with van der Waals surface area (Å²) < 4.78 is 0. The smallest absolute Gasteiger partial charge is 0.193 e. The van der Waals surface area contributed by atoms with E-state index in [1.807, 2.05) is 79.7 Å². The van der Waals surface area contributed by atoms with Crippen molar-refractivity contribution in [1.82, 2.24) is 0 Å². The molecule has 0 bridgehead atoms. The molecule has 1 heteroatoms. The van der Waals surface area contributed by atoms with Crippen LogP contribution in [-0.4, -0.2) is 5.78 Å². The summed E-state index contributed by atoms with van der Waals surface area (Å²) in [4.78, 5) is 12.4. The van der Waals surface area contributed by atoms with Crippen molar-refractivity contribution in [2.75, 3.05) is 0 Å². The van der Waals surface area contributed by atoms with Crippen LogP contribution in [0.25, 0.3) is 0 Å². The van der Waals surface area contributed by atoms with Gasteiger partial charge in [-0.3, -0.25) is 4.79 Å². The minimum absolute atomic E-state index is 0.0352. The molecule has 0 unspecified atom stereocenters. The zero-order valence-corrected chi connectivity index (χ0v) is 13.8. The lowest BCUT2D eigenvalue weighted by molar-refractivity contribution is 0.103. The van der Waals surface area contributed by atoms with Crippen LogP contribution in [0.15, 0.2) is 72.8 Å². The van der Waals surface area contributed by atoms with Gasteiger partial charge in [0, 0.05) is 22.3 Å². The molecule has 0 saturated carbocycles. The Kier molecular flexibility index (Phi) is 4.59. The third-order valence-electron chi connectivity index (χ3n) is 3.86. The maximum atomic E-state index is 12.4. The maximum Gasteiger partial charge on any atom is 0.193 e. The lowest BCUT2D eigenvalue weighted by Crippen LogP contribution is -2.00. The quantitative estimate of drug-likeness (QED) is 0.484. The fraction of sp³-hybridized carbons (Fsp3) is 0.0870. The average molecular weight is 310 g/mol. The molecule has 0 aliphatic rings. The van der Waals surface area contributed by atoms with Crippen molar-refractivity contribution in [2.45, 2.75) is 13.8 Å². The Morgan fingerprint density at radius 3 is 1.38 bits per heavy atom. The summed E-state index contributed by atoms with van der Waals surface area (Å²) >= 11 is 0. The van der Waals surface area contributed by atoms with Gasteiger partial charge in [0.15, 0.2) is 5.78 Å². The van der Waals surface area contributed by atoms with Crippen LogP contribution in [-0.2, 0) is 0 Å². The predicted molar refractivity (Wildman–Crippen MR) is 98.2 cm³/mol. The van der Waals surface area contributed by atoms with Crippen molar-refractivity contribution in [3.8, 4) is 11.8 Å². The second-order valence-electron chi connectivity index (χ2n) is 5.89. The fourth-order valence-electron chi connectivity index (χ4n) is 2.36. The van der Waals surface area contributed by atoms with E-state index in [1.165, 1.54) is 5.56 Å². The first-order chi connectivity index (χ1) is 11.6. The second-order valence-corrected chi connectivity index (χ2v) is 5.89. The highest BCUT2D eigenvalue weighted by Gasteiger charge is 2.08. The van der Waals surface area contributed by atoms with Gasteiger partial charge in [0.25, 0.3) is 0 Å². The summed E-state index contributed by atoms with van der Waals surface area (Å²) in [5, 5.41) is 0. The van der Waals surface area contributed by atoms with Crippen LogP contribution in [0.3, 0.4) is 0 Å². The van der Waals surface area contributed by atoms with E-state index >= 15 is 0 Å². The molecular weight excluding hydrogens is 292 g/mol. The number of hydrogen-bond donors (Lipinski definition) is 0. The van der Waals surface area contributed by atoms with E-state index < -0.39 is 0 Å². The van der Waals surface area contributed by atoms with Crippen LogP contribution in [0.5, 0.6) is 0 Å². The third kappa shape index (κ3) is 3.80. The molecule has 0 aliphatic heterocycles. The van der Waals surface area contributed by atoms with E-state index in [1.54, 1.807) is 0 Å². The number of rotatable bonds is 2. The molecule has 0 N–H and O–H groups in total. The van der Waals surface area contributed by atoms with Gasteiger partial charge in [-0.1, -0.05) is 59.4 Å². The van der Waals surface area contributed by atoms with E-state index in [0.29, 0.717) is 11.1 Å². The lowest BCUT2D eigenvalue weighted by Gasteiger charge is -2.02. The number of carbonyl (C=O) groups excluding carboxylic acids is 1. The summed E-state index contributed by atoms with van der Waals surface area (Å²) in [7, 11) is 0. The predicted octanol–water partition coefficient (Wildman–Crippen LogP) is 4.93. The highest BCUT2D eigenvalue weighted by atomic mass is 16.1. The summed E-state index contributed by atoms with van der Waals surface area (Å²) in [6.45, 7) is 4.07. The standard InChI is InChI=1S/C23H18O/c1-17-3-7-19(8-4-17)9-10-20-11-15-22(16-12-20)23(24)21-13-5-18(2)6-14-21/h3-8,11-16H,1-2H3. The summed E-state index contributed by atoms with van der Waals surface area (Å²) in [5.74, 6) is 6.31. The Hall–Kier alpha value is -3.11. The monoisotopic (exact) mass is 310 g/mol. The molecule has 0 amide bonds. The van der Waals surface area contributed by atoms with Crippen LogP contribution in [0, 0.1) is 25.7 Å². The molecule has 0 heterocycles. The van der Waals surface area contributed by atoms with Gasteiger partial charge < -0.3 is 0 Å². The Balaban J connectivity index is 1.77. The van der Waals surface area contributed by atoms with Crippen molar-refractivity contribution in [1.29, 1.82) is 0 Å². The highest BCUT2D eigenvalue weighted by Crippen LogP contribution is 2.12. The lowest BCUT2D eigenvalue weighted by atomic mass is 10.0. The number of aryl methyl sites for hydroxylation is 2. The van der Waals surface area contributed by atoms with E-state index in [0.717, 1.165) is 16.7 Å². The Morgan fingerprint density at radius 2 is 0.917 bits per heavy atom. The van der Waals surface area contributed by atoms with Gasteiger partial charge in [-0.25, -0.2) is 0 Å². The molecule has 0 aromatic heterocycles. The molecular formula is C23H18O. The van der Waals surface area contributed by atoms with E-state index in [-0.39, 0.29) is 5.78 Å². The molecule has 0 atom stereocenters. The van der Waals surface area contributed by atoms with Crippen molar-refractivity contribution < 1.29 is 4.79 Å². The average Bonchev–Trinajstić information content (AvgIpc) is 2.62. The zero-order chi connectivity index (χ0) is 16.9. The number of carbonyl (C=O) groups is 1. The van der Waals surface area contributed by atoms with E-state index in [4.69, 9.17) is 0 Å². The topological polar surface area (TPSA) is 17.1 Å². The van der Waals surface area contributed by atoms with Gasteiger partial charge in [0.1, 0.15) is 0 Å². The minimum atomic E-state index is 0.0352. The number of hydrogen-bond acceptors (Lipinski definition) is 1. The third-order valence-corrected chi connectivity index (χ3v) is 3.86. The molecule has 0 fully saturated rings. The van der Waals surface area contributed by atoms with Crippen molar-refractivity contribution >= 4 is 5.78 Å². The van der Waals surface area contributed by atoms with Crippen molar-refractivity contribution in [3.05, 3.63) is 106 Å². The van der Waals surface area contributed by atoms with Crippen LogP contribution in [0.4, 0.5) is 0 Å². The number of ketones is 1. The molecule has 3 aromatic rings. The molecule has 1 nitrogen and oxygen atoms in total. The van der Waals surface area contributed by atoms with Crippen molar-refractivity contribution in [2.24, 2.45) is 0 Å². The SMILES string of the molecule is Cc1ccc(C#Cc2ccc(C(=O)c3ccc(C)cc3)cc2)cc1.